The van der Waals surface area contributed by atoms with Crippen LogP contribution in [0.25, 0.3) is 0 Å². The van der Waals surface area contributed by atoms with E-state index >= 15 is 0 Å². The number of ether oxygens (including phenoxy) is 17. The van der Waals surface area contributed by atoms with Crippen LogP contribution in [0.2, 0.25) is 0 Å². The van der Waals surface area contributed by atoms with Gasteiger partial charge in [0.2, 0.25) is 0 Å². The number of carbonyl (C=O) groups is 1. The van der Waals surface area contributed by atoms with Gasteiger partial charge in [-0.2, -0.15) is 0 Å². The van der Waals surface area contributed by atoms with E-state index in [2.05, 4.69) is 40.9 Å². The maximum Gasteiger partial charge on any atom is 0.308 e. The molecular weight excluding hydrogens is 1050 g/mol. The van der Waals surface area contributed by atoms with Gasteiger partial charge in [-0.05, 0) is 73.8 Å². The molecule has 0 aromatic heterocycles. The number of esters is 1. The molecule has 17 saturated heterocycles. The van der Waals surface area contributed by atoms with Gasteiger partial charge < -0.3 is 85.6 Å². The fraction of sp³-hybridized carbons (Fsp3) is 0.919. The minimum atomic E-state index is -0.900. The molecule has 1 N–H and O–H groups in total. The lowest BCUT2D eigenvalue weighted by atomic mass is 9.78. The molecule has 12 bridgehead atoms. The quantitative estimate of drug-likeness (QED) is 0.243. The lowest BCUT2D eigenvalue weighted by molar-refractivity contribution is -0.370. The second-order valence-electron chi connectivity index (χ2n) is 28.4. The van der Waals surface area contributed by atoms with Crippen molar-refractivity contribution < 1.29 is 90.4 Å². The molecule has 32 atom stereocenters. The van der Waals surface area contributed by atoms with Crippen LogP contribution in [-0.2, 0) is 85.3 Å². The molecule has 17 fully saturated rings. The average molecular weight is 1140 g/mol. The van der Waals surface area contributed by atoms with E-state index in [0.717, 1.165) is 49.7 Å². The van der Waals surface area contributed by atoms with Crippen molar-refractivity contribution >= 4 is 5.97 Å². The third-order valence-corrected chi connectivity index (χ3v) is 22.9. The molecule has 0 aromatic carbocycles. The summed E-state index contributed by atoms with van der Waals surface area (Å²) >= 11 is 0. The van der Waals surface area contributed by atoms with Crippen LogP contribution in [0.4, 0.5) is 0 Å². The molecular formula is C62H88O19. The first-order valence-electron chi connectivity index (χ1n) is 31.7. The number of rotatable bonds is 3. The van der Waals surface area contributed by atoms with E-state index in [1.54, 1.807) is 7.11 Å². The first kappa shape index (κ1) is 54.6. The number of hydrogen-bond donors (Lipinski definition) is 1. The summed E-state index contributed by atoms with van der Waals surface area (Å²) in [5, 5.41) is 9.83. The van der Waals surface area contributed by atoms with E-state index in [1.807, 2.05) is 0 Å². The van der Waals surface area contributed by atoms with Gasteiger partial charge in [0.15, 0.2) is 23.1 Å². The van der Waals surface area contributed by atoms with Crippen molar-refractivity contribution in [2.75, 3.05) is 13.7 Å². The fourth-order valence-electron chi connectivity index (χ4n) is 19.1. The van der Waals surface area contributed by atoms with Gasteiger partial charge in [0.25, 0.3) is 0 Å². The van der Waals surface area contributed by atoms with Gasteiger partial charge in [0, 0.05) is 90.3 Å². The zero-order valence-corrected chi connectivity index (χ0v) is 48.0. The minimum absolute atomic E-state index is 0.0111. The second kappa shape index (κ2) is 20.2. The summed E-state index contributed by atoms with van der Waals surface area (Å²) < 4.78 is 117. The Morgan fingerprint density at radius 3 is 1.98 bits per heavy atom. The van der Waals surface area contributed by atoms with Gasteiger partial charge in [-0.3, -0.25) is 4.79 Å². The van der Waals surface area contributed by atoms with Crippen molar-refractivity contribution in [3.63, 3.8) is 0 Å². The van der Waals surface area contributed by atoms with Crippen molar-refractivity contribution in [2.24, 2.45) is 23.7 Å². The molecule has 17 aliphatic rings. The van der Waals surface area contributed by atoms with Gasteiger partial charge >= 0.3 is 5.97 Å². The summed E-state index contributed by atoms with van der Waals surface area (Å²) in [5.74, 6) is -3.40. The van der Waals surface area contributed by atoms with E-state index in [1.165, 1.54) is 0 Å². The Morgan fingerprint density at radius 2 is 1.12 bits per heavy atom. The van der Waals surface area contributed by atoms with E-state index in [4.69, 9.17) is 80.5 Å². The number of fused-ring (bicyclic) bond motifs is 11. The third-order valence-electron chi connectivity index (χ3n) is 22.9. The summed E-state index contributed by atoms with van der Waals surface area (Å²) in [7, 11) is 1.64. The van der Waals surface area contributed by atoms with E-state index in [0.29, 0.717) is 77.0 Å². The fourth-order valence-corrected chi connectivity index (χ4v) is 19.1. The average Bonchev–Trinajstić information content (AvgIpc) is 4.46. The van der Waals surface area contributed by atoms with Crippen molar-refractivity contribution in [3.8, 4) is 0 Å². The highest BCUT2D eigenvalue weighted by Gasteiger charge is 2.70. The zero-order chi connectivity index (χ0) is 55.1. The second-order valence-corrected chi connectivity index (χ2v) is 28.4. The summed E-state index contributed by atoms with van der Waals surface area (Å²) in [4.78, 5) is 14.6. The topological polar surface area (TPSA) is 194 Å². The Labute approximate surface area is 475 Å². The molecule has 17 heterocycles. The standard InChI is InChI=1S/C62H88O19/c1-28-16-34-8-10-37-29(2)17-36(66-37)12-13-60-26-47-55(80-60)56-57(73-47)58(81-60)54-38(70-56)11-9-35(68-54)18-49(64)74-53-33(6)52-43(69-42(53)19-39(67-34)32(28)5)20-40-46(72-52)25-62(76-40)27-48-51(79-62)31(4)23-61(78-48)22-30(3)50-44(77-61)21-41-45(71-50)24-59(65-7,75-41)14-15-63/h28,30-31,33-48,50-58,63H,2,5,8-27H2,1,3-4,6-7H3/t28-,30+,31+,33+,34+,35-,36+,37+,38+,39-,40+,41-,42+,43+,44+,45-,46+,47-,48+,50+,51+,52+,53-,54+,55+,56+,57-,58+,59+,60+,61-,62+/m1/s1. The first-order chi connectivity index (χ1) is 39.0. The lowest BCUT2D eigenvalue weighted by Gasteiger charge is -2.54. The molecule has 0 aromatic rings. The number of aliphatic hydroxyl groups is 1. The lowest BCUT2D eigenvalue weighted by Crippen LogP contribution is -2.62. The van der Waals surface area contributed by atoms with Crippen LogP contribution in [0, 0.1) is 23.7 Å². The molecule has 81 heavy (non-hydrogen) atoms. The summed E-state index contributed by atoms with van der Waals surface area (Å²) in [6.45, 7) is 18.0. The van der Waals surface area contributed by atoms with Crippen LogP contribution in [0.1, 0.15) is 150 Å². The Balaban J connectivity index is 0.627. The van der Waals surface area contributed by atoms with Crippen LogP contribution >= 0.6 is 0 Å². The molecule has 0 aliphatic carbocycles. The largest absolute Gasteiger partial charge is 0.459 e. The number of methoxy groups -OCH3 is 1. The van der Waals surface area contributed by atoms with Gasteiger partial charge in [0.05, 0.1) is 116 Å². The summed E-state index contributed by atoms with van der Waals surface area (Å²) in [6, 6.07) is 0. The Morgan fingerprint density at radius 1 is 0.481 bits per heavy atom. The molecule has 0 unspecified atom stereocenters. The van der Waals surface area contributed by atoms with Gasteiger partial charge in [0.1, 0.15) is 36.6 Å². The number of carbonyl (C=O) groups excluding carboxylic acids is 1. The number of aliphatic hydroxyl groups excluding tert-OH is 1. The van der Waals surface area contributed by atoms with Crippen LogP contribution in [-0.4, -0.2) is 194 Å². The van der Waals surface area contributed by atoms with Crippen molar-refractivity contribution in [1.29, 1.82) is 0 Å². The smallest absolute Gasteiger partial charge is 0.308 e. The van der Waals surface area contributed by atoms with E-state index < -0.39 is 47.6 Å². The SMILES string of the molecule is C=C1C[C@@H]2CC[C@@]34C[C@H]5O[C@H]6[C@@H](O3)[C@H]3O[C@H](CC[C@@H]3O[C@H]6[C@H]5O4)CC(=O)O[C@@H]3[C@@H](C)[C@@H]4O[C@H]5C[C@]6(C[C@@H]7O[C@]8(C[C@H](C)[C@@H]9O[C@@H]%10C[C@@](CCO)(OC)O[C@@H]%10C[C@@H]9O8)C[C@H](C)[C@@H]7O6)O[C@H]5C[C@@H]4O[C@H]3C[C@H]3O[C@@H](CC[C@@H]1O2)C[C@@H](C)C3=C. The molecule has 0 saturated carbocycles. The van der Waals surface area contributed by atoms with E-state index in [9.17, 15) is 9.90 Å². The van der Waals surface area contributed by atoms with Crippen LogP contribution in [0.3, 0.4) is 0 Å². The molecule has 17 aliphatic heterocycles. The molecule has 19 nitrogen and oxygen atoms in total. The molecule has 0 amide bonds. The third kappa shape index (κ3) is 9.22. The van der Waals surface area contributed by atoms with Crippen LogP contribution in [0.15, 0.2) is 24.3 Å². The van der Waals surface area contributed by atoms with Crippen molar-refractivity contribution in [1.82, 2.24) is 0 Å². The van der Waals surface area contributed by atoms with Gasteiger partial charge in [-0.1, -0.05) is 40.9 Å². The van der Waals surface area contributed by atoms with Crippen molar-refractivity contribution in [3.05, 3.63) is 24.3 Å². The first-order valence-corrected chi connectivity index (χ1v) is 31.7. The predicted molar refractivity (Wildman–Crippen MR) is 281 cm³/mol. The highest BCUT2D eigenvalue weighted by atomic mass is 16.8. The number of hydrogen-bond acceptors (Lipinski definition) is 19. The van der Waals surface area contributed by atoms with Crippen LogP contribution < -0.4 is 0 Å². The van der Waals surface area contributed by atoms with Gasteiger partial charge in [-0.15, -0.1) is 0 Å². The Bertz CT molecular complexity index is 2450. The van der Waals surface area contributed by atoms with Crippen molar-refractivity contribution in [2.45, 2.75) is 319 Å². The highest BCUT2D eigenvalue weighted by Crippen LogP contribution is 2.58. The zero-order valence-electron chi connectivity index (χ0n) is 48.0. The molecule has 17 rings (SSSR count). The highest BCUT2D eigenvalue weighted by molar-refractivity contribution is 5.70. The molecule has 3 spiro atoms. The summed E-state index contributed by atoms with van der Waals surface area (Å²) in [5.41, 5.74) is 2.17. The van der Waals surface area contributed by atoms with Crippen LogP contribution in [0.5, 0.6) is 0 Å². The summed E-state index contributed by atoms with van der Waals surface area (Å²) in [6.07, 6.45) is 6.14. The molecule has 0 radical (unpaired) electrons. The molecule has 19 heteroatoms. The minimum Gasteiger partial charge on any atom is -0.459 e. The predicted octanol–water partition coefficient (Wildman–Crippen LogP) is 6.34. The van der Waals surface area contributed by atoms with Gasteiger partial charge in [-0.25, -0.2) is 0 Å². The normalized spacial score (nSPS) is 58.9. The Kier molecular flexibility index (Phi) is 13.6. The van der Waals surface area contributed by atoms with E-state index in [-0.39, 0.29) is 165 Å². The Hall–Kier alpha value is -1.73. The monoisotopic (exact) mass is 1140 g/mol. The maximum atomic E-state index is 14.6. The molecule has 450 valence electrons. The maximum absolute atomic E-state index is 14.6.